The lowest BCUT2D eigenvalue weighted by Crippen LogP contribution is -2.27. The molecule has 1 aromatic rings. The van der Waals surface area contributed by atoms with Gasteiger partial charge in [0, 0.05) is 22.8 Å². The van der Waals surface area contributed by atoms with E-state index in [4.69, 9.17) is 4.74 Å². The zero-order chi connectivity index (χ0) is 14.5. The Hall–Kier alpha value is -1.30. The van der Waals surface area contributed by atoms with E-state index in [1.165, 1.54) is 0 Å². The second kappa shape index (κ2) is 6.75. The van der Waals surface area contributed by atoms with Gasteiger partial charge in [0.25, 0.3) is 0 Å². The van der Waals surface area contributed by atoms with E-state index in [2.05, 4.69) is 26.2 Å². The molecule has 2 N–H and O–H groups in total. The van der Waals surface area contributed by atoms with Gasteiger partial charge in [-0.3, -0.25) is 9.59 Å². The van der Waals surface area contributed by atoms with Gasteiger partial charge >= 0.3 is 5.97 Å². The van der Waals surface area contributed by atoms with Crippen molar-refractivity contribution >= 4 is 27.8 Å². The highest BCUT2D eigenvalue weighted by molar-refractivity contribution is 9.10. The minimum atomic E-state index is -0.510. The van der Waals surface area contributed by atoms with Gasteiger partial charge in [-0.05, 0) is 42.8 Å². The fourth-order valence-corrected chi connectivity index (χ4v) is 1.79. The zero-order valence-corrected chi connectivity index (χ0v) is 13.0. The van der Waals surface area contributed by atoms with E-state index in [9.17, 15) is 9.59 Å². The van der Waals surface area contributed by atoms with Crippen molar-refractivity contribution in [2.24, 2.45) is 0 Å². The van der Waals surface area contributed by atoms with Crippen molar-refractivity contribution < 1.29 is 14.3 Å². The summed E-state index contributed by atoms with van der Waals surface area (Å²) in [5.41, 5.74) is 0.391. The molecule has 19 heavy (non-hydrogen) atoms. The fraction of sp³-hybridized carbons (Fsp3) is 0.538. The largest absolute Gasteiger partial charge is 0.460 e. The van der Waals surface area contributed by atoms with Gasteiger partial charge in [0.1, 0.15) is 5.60 Å². The van der Waals surface area contributed by atoms with E-state index < -0.39 is 5.60 Å². The maximum atomic E-state index is 11.5. The summed E-state index contributed by atoms with van der Waals surface area (Å²) in [6.45, 7) is 5.81. The molecule has 0 spiro atoms. The summed E-state index contributed by atoms with van der Waals surface area (Å²) >= 11 is 3.31. The third kappa shape index (κ3) is 7.00. The number of aromatic amines is 1. The number of carbonyl (C=O) groups excluding carboxylic acids is 2. The molecule has 0 bridgehead atoms. The topological polar surface area (TPSA) is 71.2 Å². The first-order chi connectivity index (χ1) is 8.76. The Kier molecular flexibility index (Phi) is 5.60. The van der Waals surface area contributed by atoms with Gasteiger partial charge in [0.2, 0.25) is 5.91 Å². The molecule has 0 saturated carbocycles. The zero-order valence-electron chi connectivity index (χ0n) is 11.4. The highest BCUT2D eigenvalue weighted by Gasteiger charge is 2.16. The van der Waals surface area contributed by atoms with E-state index in [0.29, 0.717) is 6.54 Å². The number of ether oxygens (including phenoxy) is 1. The van der Waals surface area contributed by atoms with Crippen molar-refractivity contribution in [3.8, 4) is 0 Å². The molecule has 0 aliphatic carbocycles. The van der Waals surface area contributed by atoms with Crippen LogP contribution in [-0.2, 0) is 20.9 Å². The maximum absolute atomic E-state index is 11.5. The van der Waals surface area contributed by atoms with E-state index in [1.807, 2.05) is 6.07 Å². The summed E-state index contributed by atoms with van der Waals surface area (Å²) < 4.78 is 6.06. The first-order valence-electron chi connectivity index (χ1n) is 6.07. The Morgan fingerprint density at radius 2 is 2.05 bits per heavy atom. The highest BCUT2D eigenvalue weighted by Crippen LogP contribution is 2.11. The number of H-pyrrole nitrogens is 1. The Bertz CT molecular complexity index is 449. The molecular weight excluding hydrogens is 312 g/mol. The number of rotatable bonds is 5. The number of halogens is 1. The third-order valence-electron chi connectivity index (χ3n) is 2.16. The number of aromatic nitrogens is 1. The van der Waals surface area contributed by atoms with Gasteiger partial charge in [-0.1, -0.05) is 0 Å². The van der Waals surface area contributed by atoms with Crippen LogP contribution in [0.1, 0.15) is 39.3 Å². The first-order valence-corrected chi connectivity index (χ1v) is 6.87. The third-order valence-corrected chi connectivity index (χ3v) is 2.62. The smallest absolute Gasteiger partial charge is 0.306 e. The van der Waals surface area contributed by atoms with E-state index in [1.54, 1.807) is 27.0 Å². The molecular formula is C13H19BrN2O3. The Balaban J connectivity index is 2.23. The molecule has 1 rings (SSSR count). The second-order valence-corrected chi connectivity index (χ2v) is 6.12. The van der Waals surface area contributed by atoms with E-state index >= 15 is 0 Å². The normalized spacial score (nSPS) is 11.2. The SMILES string of the molecule is CC(C)(C)OC(=O)CCC(=O)NCc1cc(Br)c[nH]1. The van der Waals surface area contributed by atoms with Gasteiger partial charge in [-0.15, -0.1) is 0 Å². The van der Waals surface area contributed by atoms with Crippen LogP contribution in [0, 0.1) is 0 Å². The molecule has 0 unspecified atom stereocenters. The van der Waals surface area contributed by atoms with Gasteiger partial charge in [0.05, 0.1) is 13.0 Å². The molecule has 0 aliphatic rings. The molecule has 0 radical (unpaired) electrons. The first kappa shape index (κ1) is 15.8. The number of hydrogen-bond acceptors (Lipinski definition) is 3. The van der Waals surface area contributed by atoms with Crippen LogP contribution in [0.4, 0.5) is 0 Å². The van der Waals surface area contributed by atoms with Crippen LogP contribution in [0.15, 0.2) is 16.7 Å². The van der Waals surface area contributed by atoms with Crippen LogP contribution in [0.5, 0.6) is 0 Å². The minimum absolute atomic E-state index is 0.0948. The van der Waals surface area contributed by atoms with Crippen LogP contribution in [0.2, 0.25) is 0 Å². The fourth-order valence-electron chi connectivity index (χ4n) is 1.40. The highest BCUT2D eigenvalue weighted by atomic mass is 79.9. The number of carbonyl (C=O) groups is 2. The van der Waals surface area contributed by atoms with Crippen molar-refractivity contribution in [2.45, 2.75) is 45.8 Å². The van der Waals surface area contributed by atoms with Gasteiger partial charge in [-0.25, -0.2) is 0 Å². The average molecular weight is 331 g/mol. The summed E-state index contributed by atoms with van der Waals surface area (Å²) in [6, 6.07) is 1.88. The van der Waals surface area contributed by atoms with Crippen LogP contribution >= 0.6 is 15.9 Å². The number of nitrogens with one attached hydrogen (secondary N) is 2. The van der Waals surface area contributed by atoms with Crippen LogP contribution in [0.3, 0.4) is 0 Å². The molecule has 0 atom stereocenters. The summed E-state index contributed by atoms with van der Waals surface area (Å²) in [4.78, 5) is 26.0. The number of hydrogen-bond donors (Lipinski definition) is 2. The molecule has 0 fully saturated rings. The number of amides is 1. The molecule has 0 saturated heterocycles. The summed E-state index contributed by atoms with van der Waals surface area (Å²) in [7, 11) is 0. The summed E-state index contributed by atoms with van der Waals surface area (Å²) in [6.07, 6.45) is 2.02. The van der Waals surface area contributed by atoms with Crippen molar-refractivity contribution in [3.05, 3.63) is 22.4 Å². The van der Waals surface area contributed by atoms with Crippen LogP contribution in [-0.4, -0.2) is 22.5 Å². The van der Waals surface area contributed by atoms with Crippen molar-refractivity contribution in [1.29, 1.82) is 0 Å². The van der Waals surface area contributed by atoms with Crippen LogP contribution < -0.4 is 5.32 Å². The molecule has 1 amide bonds. The van der Waals surface area contributed by atoms with Gasteiger partial charge < -0.3 is 15.0 Å². The standard InChI is InChI=1S/C13H19BrN2O3/c1-13(2,3)19-12(18)5-4-11(17)16-8-10-6-9(14)7-15-10/h6-7,15H,4-5,8H2,1-3H3,(H,16,17). The molecule has 1 aromatic heterocycles. The molecule has 106 valence electrons. The Morgan fingerprint density at radius 1 is 1.37 bits per heavy atom. The molecule has 1 heterocycles. The lowest BCUT2D eigenvalue weighted by molar-refractivity contribution is -0.155. The summed E-state index contributed by atoms with van der Waals surface area (Å²) in [5.74, 6) is -0.526. The Morgan fingerprint density at radius 3 is 2.58 bits per heavy atom. The monoisotopic (exact) mass is 330 g/mol. The van der Waals surface area contributed by atoms with E-state index in [-0.39, 0.29) is 24.7 Å². The predicted octanol–water partition coefficient (Wildman–Crippen LogP) is 2.52. The van der Waals surface area contributed by atoms with Crippen LogP contribution in [0.25, 0.3) is 0 Å². The molecule has 0 aliphatic heterocycles. The Labute approximate surface area is 121 Å². The van der Waals surface area contributed by atoms with Crippen molar-refractivity contribution in [1.82, 2.24) is 10.3 Å². The lowest BCUT2D eigenvalue weighted by atomic mass is 10.2. The van der Waals surface area contributed by atoms with Crippen molar-refractivity contribution in [3.63, 3.8) is 0 Å². The van der Waals surface area contributed by atoms with E-state index in [0.717, 1.165) is 10.2 Å². The summed E-state index contributed by atoms with van der Waals surface area (Å²) in [5, 5.41) is 2.73. The molecule has 0 aromatic carbocycles. The minimum Gasteiger partial charge on any atom is -0.460 e. The number of esters is 1. The van der Waals surface area contributed by atoms with Gasteiger partial charge in [-0.2, -0.15) is 0 Å². The van der Waals surface area contributed by atoms with Gasteiger partial charge in [0.15, 0.2) is 0 Å². The maximum Gasteiger partial charge on any atom is 0.306 e. The quantitative estimate of drug-likeness (QED) is 0.815. The lowest BCUT2D eigenvalue weighted by Gasteiger charge is -2.19. The van der Waals surface area contributed by atoms with Crippen molar-refractivity contribution in [2.75, 3.05) is 0 Å². The molecule has 6 heteroatoms. The average Bonchev–Trinajstić information content (AvgIpc) is 2.67. The second-order valence-electron chi connectivity index (χ2n) is 5.21. The molecule has 5 nitrogen and oxygen atoms in total. The predicted molar refractivity (Wildman–Crippen MR) is 75.4 cm³/mol.